The Hall–Kier alpha value is -3.15. The van der Waals surface area contributed by atoms with Crippen molar-refractivity contribution < 1.29 is 9.53 Å². The number of carbonyl (C=O) groups is 1. The van der Waals surface area contributed by atoms with E-state index >= 15 is 0 Å². The minimum absolute atomic E-state index is 0.00561. The Bertz CT molecular complexity index is 923. The first-order valence-electron chi connectivity index (χ1n) is 9.13. The van der Waals surface area contributed by atoms with Crippen LogP contribution in [0, 0.1) is 0 Å². The van der Waals surface area contributed by atoms with Crippen molar-refractivity contribution in [2.75, 3.05) is 13.7 Å². The number of amides is 1. The lowest BCUT2D eigenvalue weighted by Gasteiger charge is -2.24. The summed E-state index contributed by atoms with van der Waals surface area (Å²) in [4.78, 5) is 19.5. The van der Waals surface area contributed by atoms with E-state index < -0.39 is 0 Å². The van der Waals surface area contributed by atoms with Crippen molar-refractivity contribution in [3.63, 3.8) is 0 Å². The summed E-state index contributed by atoms with van der Waals surface area (Å²) in [5.41, 5.74) is 3.60. The van der Waals surface area contributed by atoms with Crippen LogP contribution in [0.15, 0.2) is 54.7 Å². The van der Waals surface area contributed by atoms with Gasteiger partial charge in [0, 0.05) is 24.9 Å². The zero-order valence-electron chi connectivity index (χ0n) is 15.3. The highest BCUT2D eigenvalue weighted by Gasteiger charge is 2.32. The molecule has 3 heterocycles. The number of aromatic nitrogens is 3. The second kappa shape index (κ2) is 7.61. The first-order chi connectivity index (χ1) is 13.2. The fraction of sp³-hybridized carbons (Fsp3) is 0.286. The Morgan fingerprint density at radius 2 is 2.15 bits per heavy atom. The van der Waals surface area contributed by atoms with Gasteiger partial charge in [0.05, 0.1) is 18.8 Å². The lowest BCUT2D eigenvalue weighted by Crippen LogP contribution is -2.31. The van der Waals surface area contributed by atoms with Crippen molar-refractivity contribution in [2.24, 2.45) is 0 Å². The highest BCUT2D eigenvalue weighted by molar-refractivity contribution is 5.92. The summed E-state index contributed by atoms with van der Waals surface area (Å²) in [6, 6.07) is 15.8. The van der Waals surface area contributed by atoms with E-state index in [1.807, 2.05) is 41.3 Å². The molecule has 1 atom stereocenters. The van der Waals surface area contributed by atoms with E-state index in [0.717, 1.165) is 48.5 Å². The molecule has 0 saturated carbocycles. The monoisotopic (exact) mass is 362 g/mol. The van der Waals surface area contributed by atoms with E-state index in [9.17, 15) is 4.79 Å². The molecule has 1 fully saturated rings. The van der Waals surface area contributed by atoms with Crippen molar-refractivity contribution in [2.45, 2.75) is 25.3 Å². The van der Waals surface area contributed by atoms with Crippen LogP contribution in [-0.4, -0.2) is 39.6 Å². The number of methoxy groups -OCH3 is 1. The number of benzene rings is 1. The molecule has 1 amide bonds. The third kappa shape index (κ3) is 3.69. The van der Waals surface area contributed by atoms with Gasteiger partial charge in [-0.3, -0.25) is 14.9 Å². The van der Waals surface area contributed by atoms with Gasteiger partial charge in [-0.2, -0.15) is 5.10 Å². The Labute approximate surface area is 158 Å². The van der Waals surface area contributed by atoms with E-state index in [1.165, 1.54) is 0 Å². The highest BCUT2D eigenvalue weighted by atomic mass is 16.5. The van der Waals surface area contributed by atoms with Crippen LogP contribution in [0.2, 0.25) is 0 Å². The van der Waals surface area contributed by atoms with Crippen LogP contribution in [0.1, 0.15) is 46.3 Å². The smallest absolute Gasteiger partial charge is 0.272 e. The number of nitrogens with zero attached hydrogens (tertiary/aromatic N) is 3. The molecule has 0 aliphatic carbocycles. The predicted octanol–water partition coefficient (Wildman–Crippen LogP) is 3.38. The number of rotatable bonds is 5. The van der Waals surface area contributed by atoms with Crippen molar-refractivity contribution in [1.29, 1.82) is 0 Å². The van der Waals surface area contributed by atoms with Gasteiger partial charge >= 0.3 is 0 Å². The fourth-order valence-electron chi connectivity index (χ4n) is 3.62. The number of carbonyl (C=O) groups excluding carboxylic acids is 1. The third-order valence-corrected chi connectivity index (χ3v) is 4.93. The predicted molar refractivity (Wildman–Crippen MR) is 102 cm³/mol. The number of pyridine rings is 1. The van der Waals surface area contributed by atoms with Crippen LogP contribution in [0.3, 0.4) is 0 Å². The standard InChI is InChI=1S/C21H22N4O2/c1-27-17-7-2-5-15(14-17)13-16-6-3-8-18(23-16)20-9-4-12-25(20)21(26)19-10-11-22-24-19/h2-3,5-8,10-11,14,20H,4,9,12-13H2,1H3,(H,22,24). The molecule has 1 aromatic carbocycles. The SMILES string of the molecule is COc1cccc(Cc2cccc(C3CCCN3C(=O)c3ccn[nH]3)n2)c1. The molecule has 1 aliphatic heterocycles. The maximum absolute atomic E-state index is 12.8. The summed E-state index contributed by atoms with van der Waals surface area (Å²) in [7, 11) is 1.67. The summed E-state index contributed by atoms with van der Waals surface area (Å²) in [5.74, 6) is 0.825. The van der Waals surface area contributed by atoms with Gasteiger partial charge in [-0.05, 0) is 48.7 Å². The van der Waals surface area contributed by atoms with Crippen molar-refractivity contribution in [3.05, 3.63) is 77.4 Å². The van der Waals surface area contributed by atoms with Gasteiger partial charge in [-0.15, -0.1) is 0 Å². The lowest BCUT2D eigenvalue weighted by molar-refractivity contribution is 0.0726. The van der Waals surface area contributed by atoms with Gasteiger partial charge in [-0.1, -0.05) is 18.2 Å². The second-order valence-corrected chi connectivity index (χ2v) is 6.71. The number of hydrogen-bond acceptors (Lipinski definition) is 4. The molecule has 27 heavy (non-hydrogen) atoms. The van der Waals surface area contributed by atoms with E-state index in [0.29, 0.717) is 5.69 Å². The van der Waals surface area contributed by atoms with Gasteiger partial charge in [-0.25, -0.2) is 0 Å². The molecular formula is C21H22N4O2. The van der Waals surface area contributed by atoms with Gasteiger partial charge in [0.25, 0.3) is 5.91 Å². The minimum Gasteiger partial charge on any atom is -0.497 e. The number of nitrogens with one attached hydrogen (secondary N) is 1. The average molecular weight is 362 g/mol. The van der Waals surface area contributed by atoms with Crippen molar-refractivity contribution in [1.82, 2.24) is 20.1 Å². The Morgan fingerprint density at radius 3 is 2.96 bits per heavy atom. The maximum Gasteiger partial charge on any atom is 0.272 e. The second-order valence-electron chi connectivity index (χ2n) is 6.71. The summed E-state index contributed by atoms with van der Waals surface area (Å²) < 4.78 is 5.30. The van der Waals surface area contributed by atoms with Crippen LogP contribution in [0.5, 0.6) is 5.75 Å². The quantitative estimate of drug-likeness (QED) is 0.755. The Balaban J connectivity index is 1.55. The molecule has 1 unspecified atom stereocenters. The Morgan fingerprint density at radius 1 is 1.26 bits per heavy atom. The van der Waals surface area contributed by atoms with Crippen LogP contribution in [-0.2, 0) is 6.42 Å². The first kappa shape index (κ1) is 17.3. The summed E-state index contributed by atoms with van der Waals surface area (Å²) >= 11 is 0. The van der Waals surface area contributed by atoms with Crippen LogP contribution in [0.4, 0.5) is 0 Å². The number of ether oxygens (including phenoxy) is 1. The molecule has 1 N–H and O–H groups in total. The summed E-state index contributed by atoms with van der Waals surface area (Å²) in [6.45, 7) is 0.740. The Kier molecular flexibility index (Phi) is 4.87. The molecule has 3 aromatic rings. The van der Waals surface area contributed by atoms with E-state index in [4.69, 9.17) is 9.72 Å². The molecule has 0 radical (unpaired) electrons. The molecule has 0 bridgehead atoms. The summed E-state index contributed by atoms with van der Waals surface area (Å²) in [6.07, 6.45) is 4.24. The van der Waals surface area contributed by atoms with Gasteiger partial charge in [0.1, 0.15) is 11.4 Å². The minimum atomic E-state index is -0.0185. The zero-order valence-corrected chi connectivity index (χ0v) is 15.3. The van der Waals surface area contributed by atoms with Crippen LogP contribution >= 0.6 is 0 Å². The van der Waals surface area contributed by atoms with Gasteiger partial charge in [0.2, 0.25) is 0 Å². The summed E-state index contributed by atoms with van der Waals surface area (Å²) in [5, 5.41) is 6.66. The zero-order chi connectivity index (χ0) is 18.6. The molecule has 1 saturated heterocycles. The average Bonchev–Trinajstić information content (AvgIpc) is 3.40. The molecule has 0 spiro atoms. The third-order valence-electron chi connectivity index (χ3n) is 4.93. The van der Waals surface area contributed by atoms with Crippen LogP contribution < -0.4 is 4.74 Å². The molecule has 4 rings (SSSR count). The maximum atomic E-state index is 12.8. The van der Waals surface area contributed by atoms with Gasteiger partial charge < -0.3 is 9.64 Å². The highest BCUT2D eigenvalue weighted by Crippen LogP contribution is 2.32. The molecule has 2 aromatic heterocycles. The van der Waals surface area contributed by atoms with E-state index in [-0.39, 0.29) is 11.9 Å². The van der Waals surface area contributed by atoms with E-state index in [2.05, 4.69) is 16.3 Å². The van der Waals surface area contributed by atoms with Crippen molar-refractivity contribution >= 4 is 5.91 Å². The molecule has 6 heteroatoms. The molecular weight excluding hydrogens is 340 g/mol. The largest absolute Gasteiger partial charge is 0.497 e. The number of likely N-dealkylation sites (tertiary alicyclic amines) is 1. The first-order valence-corrected chi connectivity index (χ1v) is 9.13. The topological polar surface area (TPSA) is 71.1 Å². The fourth-order valence-corrected chi connectivity index (χ4v) is 3.62. The number of aromatic amines is 1. The van der Waals surface area contributed by atoms with Crippen molar-refractivity contribution in [3.8, 4) is 5.75 Å². The molecule has 138 valence electrons. The normalized spacial score (nSPS) is 16.5. The molecule has 6 nitrogen and oxygen atoms in total. The molecule has 1 aliphatic rings. The number of hydrogen-bond donors (Lipinski definition) is 1. The van der Waals surface area contributed by atoms with Gasteiger partial charge in [0.15, 0.2) is 0 Å². The lowest BCUT2D eigenvalue weighted by atomic mass is 10.1. The van der Waals surface area contributed by atoms with Crippen LogP contribution in [0.25, 0.3) is 0 Å². The number of H-pyrrole nitrogens is 1. The van der Waals surface area contributed by atoms with E-state index in [1.54, 1.807) is 19.4 Å².